The summed E-state index contributed by atoms with van der Waals surface area (Å²) in [7, 11) is 0. The summed E-state index contributed by atoms with van der Waals surface area (Å²) in [5.74, 6) is -0.160. The summed E-state index contributed by atoms with van der Waals surface area (Å²) >= 11 is 0. The molecule has 1 atom stereocenters. The summed E-state index contributed by atoms with van der Waals surface area (Å²) in [6.45, 7) is 2.09. The van der Waals surface area contributed by atoms with Gasteiger partial charge in [-0.3, -0.25) is 0 Å². The van der Waals surface area contributed by atoms with E-state index in [9.17, 15) is 4.39 Å². The van der Waals surface area contributed by atoms with Gasteiger partial charge in [-0.1, -0.05) is 12.1 Å². The van der Waals surface area contributed by atoms with Crippen LogP contribution in [0.2, 0.25) is 0 Å². The maximum atomic E-state index is 12.7. The Hall–Kier alpha value is -0.890. The van der Waals surface area contributed by atoms with Crippen molar-refractivity contribution in [2.75, 3.05) is 0 Å². The van der Waals surface area contributed by atoms with Crippen molar-refractivity contribution in [3.63, 3.8) is 0 Å². The van der Waals surface area contributed by atoms with E-state index in [0.717, 1.165) is 12.8 Å². The van der Waals surface area contributed by atoms with E-state index in [-0.39, 0.29) is 11.9 Å². The lowest BCUT2D eigenvalue weighted by Gasteiger charge is -2.19. The molecule has 1 aliphatic rings. The van der Waals surface area contributed by atoms with E-state index in [1.807, 2.05) is 12.1 Å². The number of rotatable bonds is 4. The Morgan fingerprint density at radius 2 is 1.93 bits per heavy atom. The zero-order valence-corrected chi connectivity index (χ0v) is 9.17. The average Bonchev–Trinajstić information content (AvgIpc) is 2.98. The van der Waals surface area contributed by atoms with E-state index in [1.165, 1.54) is 30.5 Å². The third-order valence-electron chi connectivity index (χ3n) is 3.68. The van der Waals surface area contributed by atoms with Gasteiger partial charge in [-0.05, 0) is 55.7 Å². The van der Waals surface area contributed by atoms with Gasteiger partial charge >= 0.3 is 0 Å². The van der Waals surface area contributed by atoms with Crippen LogP contribution in [0.1, 0.15) is 31.7 Å². The predicted molar refractivity (Wildman–Crippen MR) is 60.0 cm³/mol. The molecule has 1 saturated carbocycles. The SMILES string of the molecule is CC(N)C1(CCc2ccc(F)cc2)CC1. The van der Waals surface area contributed by atoms with Crippen molar-refractivity contribution in [2.45, 2.75) is 38.6 Å². The van der Waals surface area contributed by atoms with Crippen LogP contribution in [-0.2, 0) is 6.42 Å². The molecule has 0 bridgehead atoms. The van der Waals surface area contributed by atoms with Gasteiger partial charge in [-0.25, -0.2) is 4.39 Å². The molecule has 1 aromatic rings. The molecule has 1 aliphatic carbocycles. The molecule has 0 radical (unpaired) electrons. The molecule has 0 saturated heterocycles. The van der Waals surface area contributed by atoms with E-state index < -0.39 is 0 Å². The molecule has 0 aliphatic heterocycles. The summed E-state index contributed by atoms with van der Waals surface area (Å²) in [6, 6.07) is 7.08. The normalized spacial score (nSPS) is 19.9. The predicted octanol–water partition coefficient (Wildman–Crippen LogP) is 2.89. The van der Waals surface area contributed by atoms with E-state index in [4.69, 9.17) is 5.73 Å². The van der Waals surface area contributed by atoms with Crippen molar-refractivity contribution in [3.8, 4) is 0 Å². The Kier molecular flexibility index (Phi) is 2.79. The highest BCUT2D eigenvalue weighted by Crippen LogP contribution is 2.51. The number of halogens is 1. The van der Waals surface area contributed by atoms with Gasteiger partial charge in [0, 0.05) is 6.04 Å². The molecule has 2 heteroatoms. The summed E-state index contributed by atoms with van der Waals surface area (Å²) in [6.07, 6.45) is 4.66. The second-order valence-electron chi connectivity index (χ2n) is 4.78. The quantitative estimate of drug-likeness (QED) is 0.807. The minimum absolute atomic E-state index is 0.160. The molecule has 0 spiro atoms. The Morgan fingerprint density at radius 3 is 2.40 bits per heavy atom. The average molecular weight is 207 g/mol. The van der Waals surface area contributed by atoms with Crippen LogP contribution < -0.4 is 5.73 Å². The molecule has 2 rings (SSSR count). The molecule has 0 amide bonds. The first-order chi connectivity index (χ1) is 7.12. The first kappa shape index (κ1) is 10.6. The number of aryl methyl sites for hydroxylation is 1. The maximum absolute atomic E-state index is 12.7. The first-order valence-corrected chi connectivity index (χ1v) is 5.62. The van der Waals surface area contributed by atoms with Gasteiger partial charge < -0.3 is 5.73 Å². The van der Waals surface area contributed by atoms with Crippen LogP contribution in [0.3, 0.4) is 0 Å². The molecule has 0 aromatic heterocycles. The van der Waals surface area contributed by atoms with Crippen LogP contribution in [0.4, 0.5) is 4.39 Å². The van der Waals surface area contributed by atoms with Crippen LogP contribution in [0.15, 0.2) is 24.3 Å². The first-order valence-electron chi connectivity index (χ1n) is 5.62. The molecule has 1 unspecified atom stereocenters. The largest absolute Gasteiger partial charge is 0.327 e. The smallest absolute Gasteiger partial charge is 0.123 e. The third kappa shape index (κ3) is 2.37. The molecule has 0 heterocycles. The zero-order chi connectivity index (χ0) is 10.9. The van der Waals surface area contributed by atoms with E-state index in [2.05, 4.69) is 6.92 Å². The number of hydrogen-bond donors (Lipinski definition) is 1. The van der Waals surface area contributed by atoms with Crippen molar-refractivity contribution in [1.29, 1.82) is 0 Å². The van der Waals surface area contributed by atoms with Crippen LogP contribution in [0, 0.1) is 11.2 Å². The second kappa shape index (κ2) is 3.93. The van der Waals surface area contributed by atoms with E-state index >= 15 is 0 Å². The van der Waals surface area contributed by atoms with Gasteiger partial charge in [0.1, 0.15) is 5.82 Å². The van der Waals surface area contributed by atoms with Gasteiger partial charge in [-0.2, -0.15) is 0 Å². The molecule has 1 nitrogen and oxygen atoms in total. The van der Waals surface area contributed by atoms with Crippen LogP contribution in [0.25, 0.3) is 0 Å². The Bertz CT molecular complexity index is 325. The number of hydrogen-bond acceptors (Lipinski definition) is 1. The highest BCUT2D eigenvalue weighted by molar-refractivity contribution is 5.17. The number of nitrogens with two attached hydrogens (primary N) is 1. The van der Waals surface area contributed by atoms with Crippen molar-refractivity contribution in [3.05, 3.63) is 35.6 Å². The highest BCUT2D eigenvalue weighted by Gasteiger charge is 2.44. The number of benzene rings is 1. The second-order valence-corrected chi connectivity index (χ2v) is 4.78. The van der Waals surface area contributed by atoms with Crippen LogP contribution in [0.5, 0.6) is 0 Å². The minimum Gasteiger partial charge on any atom is -0.327 e. The lowest BCUT2D eigenvalue weighted by molar-refractivity contribution is 0.390. The molecule has 1 aromatic carbocycles. The molecule has 2 N–H and O–H groups in total. The zero-order valence-electron chi connectivity index (χ0n) is 9.17. The Labute approximate surface area is 90.5 Å². The molecule has 15 heavy (non-hydrogen) atoms. The van der Waals surface area contributed by atoms with Crippen LogP contribution in [-0.4, -0.2) is 6.04 Å². The molecular weight excluding hydrogens is 189 g/mol. The maximum Gasteiger partial charge on any atom is 0.123 e. The monoisotopic (exact) mass is 207 g/mol. The third-order valence-corrected chi connectivity index (χ3v) is 3.68. The standard InChI is InChI=1S/C13H18FN/c1-10(15)13(8-9-13)7-6-11-2-4-12(14)5-3-11/h2-5,10H,6-9,15H2,1H3. The van der Waals surface area contributed by atoms with Gasteiger partial charge in [0.05, 0.1) is 0 Å². The molecular formula is C13H18FN. The summed E-state index contributed by atoms with van der Waals surface area (Å²) in [5.41, 5.74) is 7.56. The summed E-state index contributed by atoms with van der Waals surface area (Å²) < 4.78 is 12.7. The fourth-order valence-electron chi connectivity index (χ4n) is 2.14. The lowest BCUT2D eigenvalue weighted by Crippen LogP contribution is -2.28. The van der Waals surface area contributed by atoms with Crippen molar-refractivity contribution < 1.29 is 4.39 Å². The molecule has 1 fully saturated rings. The fourth-order valence-corrected chi connectivity index (χ4v) is 2.14. The minimum atomic E-state index is -0.160. The molecule has 82 valence electrons. The van der Waals surface area contributed by atoms with Crippen LogP contribution >= 0.6 is 0 Å². The van der Waals surface area contributed by atoms with Crippen molar-refractivity contribution in [1.82, 2.24) is 0 Å². The van der Waals surface area contributed by atoms with Gasteiger partial charge in [0.15, 0.2) is 0 Å². The topological polar surface area (TPSA) is 26.0 Å². The fraction of sp³-hybridized carbons (Fsp3) is 0.538. The van der Waals surface area contributed by atoms with Gasteiger partial charge in [-0.15, -0.1) is 0 Å². The lowest BCUT2D eigenvalue weighted by atomic mass is 9.91. The summed E-state index contributed by atoms with van der Waals surface area (Å²) in [4.78, 5) is 0. The highest BCUT2D eigenvalue weighted by atomic mass is 19.1. The van der Waals surface area contributed by atoms with Gasteiger partial charge in [0.25, 0.3) is 0 Å². The van der Waals surface area contributed by atoms with E-state index in [0.29, 0.717) is 5.41 Å². The van der Waals surface area contributed by atoms with Gasteiger partial charge in [0.2, 0.25) is 0 Å². The Balaban J connectivity index is 1.91. The van der Waals surface area contributed by atoms with E-state index in [1.54, 1.807) is 0 Å². The Morgan fingerprint density at radius 1 is 1.33 bits per heavy atom. The van der Waals surface area contributed by atoms with Crippen molar-refractivity contribution >= 4 is 0 Å². The summed E-state index contributed by atoms with van der Waals surface area (Å²) in [5, 5.41) is 0. The van der Waals surface area contributed by atoms with Crippen molar-refractivity contribution in [2.24, 2.45) is 11.1 Å².